The molecule has 2 N–H and O–H groups in total. The first kappa shape index (κ1) is 13.9. The van der Waals surface area contributed by atoms with Crippen LogP contribution in [0.3, 0.4) is 0 Å². The van der Waals surface area contributed by atoms with Gasteiger partial charge in [-0.2, -0.15) is 0 Å². The molecule has 0 aromatic heterocycles. The van der Waals surface area contributed by atoms with Crippen LogP contribution in [0.25, 0.3) is 0 Å². The first-order chi connectivity index (χ1) is 7.60. The molecule has 1 aliphatic heterocycles. The summed E-state index contributed by atoms with van der Waals surface area (Å²) >= 11 is 0. The van der Waals surface area contributed by atoms with E-state index >= 15 is 0 Å². The van der Waals surface area contributed by atoms with E-state index in [1.807, 2.05) is 0 Å². The van der Waals surface area contributed by atoms with Crippen molar-refractivity contribution in [3.8, 4) is 0 Å². The van der Waals surface area contributed by atoms with Gasteiger partial charge in [-0.1, -0.05) is 0 Å². The molecule has 7 heteroatoms. The highest BCUT2D eigenvalue weighted by Gasteiger charge is 2.28. The molecule has 0 radical (unpaired) electrons. The number of methoxy groups -OCH3 is 2. The summed E-state index contributed by atoms with van der Waals surface area (Å²) in [6.45, 7) is 1.92. The third-order valence-electron chi connectivity index (χ3n) is 2.65. The molecular formula is C9H20N2O4S. The van der Waals surface area contributed by atoms with E-state index in [1.54, 1.807) is 7.11 Å². The third kappa shape index (κ3) is 3.99. The third-order valence-corrected chi connectivity index (χ3v) is 4.50. The van der Waals surface area contributed by atoms with Gasteiger partial charge in [-0.3, -0.25) is 0 Å². The number of nitrogens with one attached hydrogen (secondary N) is 2. The van der Waals surface area contributed by atoms with Gasteiger partial charge in [0.25, 0.3) is 0 Å². The molecule has 0 saturated carbocycles. The van der Waals surface area contributed by atoms with Crippen molar-refractivity contribution < 1.29 is 17.9 Å². The number of hydrogen-bond donors (Lipinski definition) is 2. The summed E-state index contributed by atoms with van der Waals surface area (Å²) in [5.74, 6) is 0. The Hall–Kier alpha value is -0.210. The molecule has 0 aromatic rings. The van der Waals surface area contributed by atoms with Crippen LogP contribution < -0.4 is 10.0 Å². The van der Waals surface area contributed by atoms with E-state index in [1.165, 1.54) is 7.11 Å². The van der Waals surface area contributed by atoms with Gasteiger partial charge in [-0.05, 0) is 13.0 Å². The molecule has 1 saturated heterocycles. The topological polar surface area (TPSA) is 76.7 Å². The van der Waals surface area contributed by atoms with Crippen molar-refractivity contribution in [2.45, 2.75) is 17.8 Å². The Kier molecular flexibility index (Phi) is 5.63. The second-order valence-electron chi connectivity index (χ2n) is 3.82. The summed E-state index contributed by atoms with van der Waals surface area (Å²) < 4.78 is 36.2. The van der Waals surface area contributed by atoms with Gasteiger partial charge in [-0.25, -0.2) is 13.1 Å². The normalized spacial score (nSPS) is 23.5. The number of hydrogen-bond acceptors (Lipinski definition) is 5. The number of rotatable bonds is 7. The average Bonchev–Trinajstić information content (AvgIpc) is 2.78. The SMILES string of the molecule is COCC(CNS(=O)(=O)C1CCNC1)OC. The second-order valence-corrected chi connectivity index (χ2v) is 5.87. The van der Waals surface area contributed by atoms with Gasteiger partial charge >= 0.3 is 0 Å². The Morgan fingerprint density at radius 2 is 2.25 bits per heavy atom. The van der Waals surface area contributed by atoms with Gasteiger partial charge in [0.1, 0.15) is 0 Å². The van der Waals surface area contributed by atoms with Gasteiger partial charge in [0, 0.05) is 27.3 Å². The molecule has 1 aliphatic rings. The van der Waals surface area contributed by atoms with Gasteiger partial charge < -0.3 is 14.8 Å². The van der Waals surface area contributed by atoms with Crippen LogP contribution in [0, 0.1) is 0 Å². The minimum atomic E-state index is -3.23. The molecule has 0 aliphatic carbocycles. The molecule has 1 fully saturated rings. The lowest BCUT2D eigenvalue weighted by Crippen LogP contribution is -2.41. The van der Waals surface area contributed by atoms with Crippen molar-refractivity contribution in [2.24, 2.45) is 0 Å². The standard InChI is InChI=1S/C9H20N2O4S/c1-14-7-8(15-2)5-11-16(12,13)9-3-4-10-6-9/h8-11H,3-7H2,1-2H3. The molecule has 0 aromatic carbocycles. The molecule has 1 rings (SSSR count). The van der Waals surface area contributed by atoms with Crippen LogP contribution in [-0.4, -0.2) is 60.2 Å². The van der Waals surface area contributed by atoms with E-state index < -0.39 is 10.0 Å². The summed E-state index contributed by atoms with van der Waals surface area (Å²) in [5.41, 5.74) is 0. The lowest BCUT2D eigenvalue weighted by atomic mass is 10.4. The molecular weight excluding hydrogens is 232 g/mol. The van der Waals surface area contributed by atoms with E-state index in [0.29, 0.717) is 19.6 Å². The summed E-state index contributed by atoms with van der Waals surface area (Å²) in [6.07, 6.45) is 0.422. The van der Waals surface area contributed by atoms with E-state index in [0.717, 1.165) is 6.54 Å². The largest absolute Gasteiger partial charge is 0.382 e. The summed E-state index contributed by atoms with van der Waals surface area (Å²) in [6, 6.07) is 0. The molecule has 0 bridgehead atoms. The second kappa shape index (κ2) is 6.51. The van der Waals surface area contributed by atoms with E-state index in [9.17, 15) is 8.42 Å². The minimum absolute atomic E-state index is 0.242. The maximum atomic E-state index is 11.8. The Labute approximate surface area is 96.7 Å². The molecule has 2 atom stereocenters. The van der Waals surface area contributed by atoms with Gasteiger partial charge in [-0.15, -0.1) is 0 Å². The van der Waals surface area contributed by atoms with Gasteiger partial charge in [0.15, 0.2) is 0 Å². The van der Waals surface area contributed by atoms with Crippen molar-refractivity contribution in [2.75, 3.05) is 40.5 Å². The maximum absolute atomic E-state index is 11.8. The van der Waals surface area contributed by atoms with Gasteiger partial charge in [0.2, 0.25) is 10.0 Å². The van der Waals surface area contributed by atoms with Crippen LogP contribution in [0.1, 0.15) is 6.42 Å². The Morgan fingerprint density at radius 1 is 1.50 bits per heavy atom. The Bertz CT molecular complexity index is 288. The number of ether oxygens (including phenoxy) is 2. The summed E-state index contributed by atoms with van der Waals surface area (Å²) in [4.78, 5) is 0. The lowest BCUT2D eigenvalue weighted by Gasteiger charge is -2.17. The predicted octanol–water partition coefficient (Wildman–Crippen LogP) is -1.07. The fourth-order valence-electron chi connectivity index (χ4n) is 1.62. The van der Waals surface area contributed by atoms with Crippen molar-refractivity contribution in [1.82, 2.24) is 10.0 Å². The highest BCUT2D eigenvalue weighted by atomic mass is 32.2. The molecule has 16 heavy (non-hydrogen) atoms. The highest BCUT2D eigenvalue weighted by molar-refractivity contribution is 7.90. The van der Waals surface area contributed by atoms with Crippen LogP contribution in [0.4, 0.5) is 0 Å². The molecule has 1 heterocycles. The Morgan fingerprint density at radius 3 is 2.75 bits per heavy atom. The van der Waals surface area contributed by atoms with E-state index in [4.69, 9.17) is 9.47 Å². The van der Waals surface area contributed by atoms with E-state index in [-0.39, 0.29) is 17.9 Å². The maximum Gasteiger partial charge on any atom is 0.215 e. The van der Waals surface area contributed by atoms with Crippen molar-refractivity contribution in [3.05, 3.63) is 0 Å². The zero-order valence-electron chi connectivity index (χ0n) is 9.73. The van der Waals surface area contributed by atoms with Crippen LogP contribution in [0.2, 0.25) is 0 Å². The average molecular weight is 252 g/mol. The highest BCUT2D eigenvalue weighted by Crippen LogP contribution is 2.08. The molecule has 96 valence electrons. The van der Waals surface area contributed by atoms with Crippen molar-refractivity contribution in [1.29, 1.82) is 0 Å². The van der Waals surface area contributed by atoms with Crippen LogP contribution in [0.15, 0.2) is 0 Å². The van der Waals surface area contributed by atoms with Gasteiger partial charge in [0.05, 0.1) is 18.0 Å². The van der Waals surface area contributed by atoms with E-state index in [2.05, 4.69) is 10.0 Å². The minimum Gasteiger partial charge on any atom is -0.382 e. The van der Waals surface area contributed by atoms with Crippen molar-refractivity contribution >= 4 is 10.0 Å². The smallest absolute Gasteiger partial charge is 0.215 e. The van der Waals surface area contributed by atoms with Crippen LogP contribution in [0.5, 0.6) is 0 Å². The first-order valence-electron chi connectivity index (χ1n) is 5.31. The fraction of sp³-hybridized carbons (Fsp3) is 1.00. The molecule has 0 spiro atoms. The first-order valence-corrected chi connectivity index (χ1v) is 6.85. The zero-order chi connectivity index (χ0) is 12.0. The lowest BCUT2D eigenvalue weighted by molar-refractivity contribution is 0.0319. The predicted molar refractivity (Wildman–Crippen MR) is 60.9 cm³/mol. The summed E-state index contributed by atoms with van der Waals surface area (Å²) in [7, 11) is -0.138. The fourth-order valence-corrected chi connectivity index (χ4v) is 3.04. The molecule has 6 nitrogen and oxygen atoms in total. The van der Waals surface area contributed by atoms with Crippen molar-refractivity contribution in [3.63, 3.8) is 0 Å². The van der Waals surface area contributed by atoms with Crippen LogP contribution >= 0.6 is 0 Å². The van der Waals surface area contributed by atoms with Crippen LogP contribution in [-0.2, 0) is 19.5 Å². The Balaban J connectivity index is 2.40. The molecule has 2 unspecified atom stereocenters. The monoisotopic (exact) mass is 252 g/mol. The quantitative estimate of drug-likeness (QED) is 0.603. The zero-order valence-corrected chi connectivity index (χ0v) is 10.5. The molecule has 0 amide bonds. The summed E-state index contributed by atoms with van der Waals surface area (Å²) in [5, 5.41) is 2.70. The number of sulfonamides is 1.